The van der Waals surface area contributed by atoms with E-state index in [0.29, 0.717) is 0 Å². The molecule has 1 aromatic heterocycles. The molecule has 1 fully saturated rings. The van der Waals surface area contributed by atoms with Gasteiger partial charge in [0.2, 0.25) is 5.82 Å². The monoisotopic (exact) mass is 251 g/mol. The second-order valence-electron chi connectivity index (χ2n) is 3.95. The van der Waals surface area contributed by atoms with Gasteiger partial charge in [-0.1, -0.05) is 0 Å². The Morgan fingerprint density at radius 1 is 1.33 bits per heavy atom. The van der Waals surface area contributed by atoms with Crippen LogP contribution in [0.15, 0.2) is 15.8 Å². The van der Waals surface area contributed by atoms with Crippen LogP contribution in [0.2, 0.25) is 0 Å². The summed E-state index contributed by atoms with van der Waals surface area (Å²) in [6.45, 7) is 0.124. The molecule has 0 aliphatic heterocycles. The minimum Gasteiger partial charge on any atom is -0.392 e. The Balaban J connectivity index is 1.99. The van der Waals surface area contributed by atoms with Crippen molar-refractivity contribution < 1.29 is 9.50 Å². The second-order valence-corrected chi connectivity index (χ2v) is 3.95. The fourth-order valence-electron chi connectivity index (χ4n) is 1.69. The number of aromatic amines is 1. The van der Waals surface area contributed by atoms with Crippen LogP contribution < -0.4 is 11.2 Å². The molecule has 2 N–H and O–H groups in total. The van der Waals surface area contributed by atoms with Crippen LogP contribution in [0, 0.1) is 37.4 Å². The van der Waals surface area contributed by atoms with Crippen LogP contribution in [0.25, 0.3) is 0 Å². The van der Waals surface area contributed by atoms with Gasteiger partial charge in [0.05, 0.1) is 12.3 Å². The fraction of sp³-hybridized carbons (Fsp3) is 0.250. The van der Waals surface area contributed by atoms with Crippen LogP contribution in [0.3, 0.4) is 0 Å². The summed E-state index contributed by atoms with van der Waals surface area (Å²) in [5.74, 6) is -0.273. The Morgan fingerprint density at radius 3 is 2.67 bits per heavy atom. The van der Waals surface area contributed by atoms with Gasteiger partial charge in [0.1, 0.15) is 0 Å². The molecule has 2 rings (SSSR count). The van der Waals surface area contributed by atoms with Gasteiger partial charge in [-0.05, 0) is 32.1 Å². The van der Waals surface area contributed by atoms with Crippen molar-refractivity contribution in [1.29, 1.82) is 0 Å². The smallest absolute Gasteiger partial charge is 0.328 e. The van der Waals surface area contributed by atoms with E-state index in [4.69, 9.17) is 0 Å². The van der Waals surface area contributed by atoms with Gasteiger partial charge in [0, 0.05) is 12.5 Å². The third-order valence-corrected chi connectivity index (χ3v) is 2.68. The van der Waals surface area contributed by atoms with Crippen molar-refractivity contribution in [1.82, 2.24) is 9.55 Å². The summed E-state index contributed by atoms with van der Waals surface area (Å²) in [6, 6.07) is 0. The van der Waals surface area contributed by atoms with E-state index in [2.05, 4.69) is 0 Å². The molecule has 0 spiro atoms. The highest BCUT2D eigenvalue weighted by atomic mass is 19.1. The lowest BCUT2D eigenvalue weighted by Crippen LogP contribution is -2.32. The van der Waals surface area contributed by atoms with Gasteiger partial charge in [-0.15, -0.1) is 0 Å². The van der Waals surface area contributed by atoms with Crippen LogP contribution in [-0.2, 0) is 6.54 Å². The van der Waals surface area contributed by atoms with Crippen LogP contribution in [-0.4, -0.2) is 20.8 Å². The Labute approximate surface area is 103 Å². The predicted molar refractivity (Wildman–Crippen MR) is 62.3 cm³/mol. The van der Waals surface area contributed by atoms with E-state index >= 15 is 0 Å². The van der Waals surface area contributed by atoms with Crippen molar-refractivity contribution in [3.8, 4) is 0 Å². The number of hydrogen-bond donors (Lipinski definition) is 2. The quantitative estimate of drug-likeness (QED) is 0.780. The number of rotatable bonds is 4. The van der Waals surface area contributed by atoms with Gasteiger partial charge in [-0.3, -0.25) is 14.3 Å². The largest absolute Gasteiger partial charge is 0.392 e. The number of aliphatic hydroxyl groups excluding tert-OH is 1. The van der Waals surface area contributed by atoms with Gasteiger partial charge in [-0.25, -0.2) is 4.79 Å². The second kappa shape index (κ2) is 5.48. The summed E-state index contributed by atoms with van der Waals surface area (Å²) in [7, 11) is 0. The Hall–Kier alpha value is -1.43. The maximum atomic E-state index is 13.0. The Bertz CT molecular complexity index is 517. The van der Waals surface area contributed by atoms with Gasteiger partial charge in [0.25, 0.3) is 5.56 Å². The topological polar surface area (TPSA) is 75.1 Å². The Morgan fingerprint density at radius 2 is 2.00 bits per heavy atom. The molecule has 6 heteroatoms. The van der Waals surface area contributed by atoms with Crippen molar-refractivity contribution in [3.63, 3.8) is 0 Å². The maximum Gasteiger partial charge on any atom is 0.328 e. The zero-order valence-corrected chi connectivity index (χ0v) is 9.47. The lowest BCUT2D eigenvalue weighted by Gasteiger charge is -2.16. The minimum atomic E-state index is -1.03. The summed E-state index contributed by atoms with van der Waals surface area (Å²) >= 11 is 0. The summed E-state index contributed by atoms with van der Waals surface area (Å²) in [4.78, 5) is 24.0. The van der Waals surface area contributed by atoms with E-state index < -0.39 is 23.2 Å². The molecule has 5 nitrogen and oxygen atoms in total. The van der Waals surface area contributed by atoms with Gasteiger partial charge in [-0.2, -0.15) is 4.39 Å². The molecule has 1 saturated carbocycles. The highest BCUT2D eigenvalue weighted by Crippen LogP contribution is 2.27. The normalized spacial score (nSPS) is 18.1. The molecule has 1 aliphatic rings. The molecule has 0 amide bonds. The van der Waals surface area contributed by atoms with E-state index in [1.54, 1.807) is 25.7 Å². The van der Waals surface area contributed by atoms with Crippen LogP contribution in [0.4, 0.5) is 4.39 Å². The third-order valence-electron chi connectivity index (χ3n) is 2.68. The van der Waals surface area contributed by atoms with Gasteiger partial charge < -0.3 is 5.11 Å². The SMILES string of the molecule is O=c1[nH]c(=O)n(CCC(O)[C]2[CH][CH][CH][CH]2)cc1F. The Kier molecular flexibility index (Phi) is 3.96. The van der Waals surface area contributed by atoms with Crippen molar-refractivity contribution in [2.45, 2.75) is 19.1 Å². The fourth-order valence-corrected chi connectivity index (χ4v) is 1.69. The van der Waals surface area contributed by atoms with E-state index in [9.17, 15) is 19.1 Å². The third kappa shape index (κ3) is 2.87. The molecule has 18 heavy (non-hydrogen) atoms. The van der Waals surface area contributed by atoms with Crippen LogP contribution >= 0.6 is 0 Å². The number of aliphatic hydroxyl groups is 1. The molecule has 95 valence electrons. The molecule has 0 saturated heterocycles. The molecule has 1 unspecified atom stereocenters. The first-order valence-electron chi connectivity index (χ1n) is 5.47. The molecule has 1 heterocycles. The highest BCUT2D eigenvalue weighted by molar-refractivity contribution is 5.37. The van der Waals surface area contributed by atoms with E-state index in [1.807, 2.05) is 4.98 Å². The van der Waals surface area contributed by atoms with Gasteiger partial charge in [0.15, 0.2) is 0 Å². The molecule has 1 aromatic rings. The first-order valence-corrected chi connectivity index (χ1v) is 5.47. The number of aromatic nitrogens is 2. The molecular weight excluding hydrogens is 239 g/mol. The maximum absolute atomic E-state index is 13.0. The standard InChI is InChI=1S/C12H12FN2O3/c13-9-7-15(12(18)14-11(9)17)6-5-10(16)8-3-1-2-4-8/h1-4,7,10,16H,5-6H2,(H,14,17,18). The average Bonchev–Trinajstić information content (AvgIpc) is 2.85. The van der Waals surface area contributed by atoms with Crippen molar-refractivity contribution in [3.05, 3.63) is 64.5 Å². The van der Waals surface area contributed by atoms with E-state index in [-0.39, 0.29) is 13.0 Å². The minimum absolute atomic E-state index is 0.124. The highest BCUT2D eigenvalue weighted by Gasteiger charge is 2.24. The molecule has 1 atom stereocenters. The lowest BCUT2D eigenvalue weighted by molar-refractivity contribution is 0.178. The summed E-state index contributed by atoms with van der Waals surface area (Å²) in [5, 5.41) is 9.80. The van der Waals surface area contributed by atoms with Crippen LogP contribution in [0.5, 0.6) is 0 Å². The molecule has 0 bridgehead atoms. The molecule has 1 aliphatic carbocycles. The predicted octanol–water partition coefficient (Wildman–Crippen LogP) is -0.168. The lowest BCUT2D eigenvalue weighted by atomic mass is 9.98. The van der Waals surface area contributed by atoms with E-state index in [1.165, 1.54) is 0 Å². The average molecular weight is 251 g/mol. The number of nitrogens with one attached hydrogen (secondary N) is 1. The summed E-state index contributed by atoms with van der Waals surface area (Å²) in [5.41, 5.74) is -1.72. The number of H-pyrrole nitrogens is 1. The van der Waals surface area contributed by atoms with Crippen molar-refractivity contribution >= 4 is 0 Å². The van der Waals surface area contributed by atoms with Crippen molar-refractivity contribution in [2.24, 2.45) is 0 Å². The molecule has 0 aromatic carbocycles. The summed E-state index contributed by atoms with van der Waals surface area (Å²) in [6.07, 6.45) is 7.51. The summed E-state index contributed by atoms with van der Waals surface area (Å²) < 4.78 is 14.0. The first-order chi connectivity index (χ1) is 8.58. The number of nitrogens with zero attached hydrogens (tertiary/aromatic N) is 1. The van der Waals surface area contributed by atoms with Gasteiger partial charge >= 0.3 is 5.69 Å². The molecule has 5 radical (unpaired) electrons. The first kappa shape index (κ1) is 13.0. The number of aryl methyl sites for hydroxylation is 1. The zero-order chi connectivity index (χ0) is 13.1. The zero-order valence-electron chi connectivity index (χ0n) is 9.47. The van der Waals surface area contributed by atoms with E-state index in [0.717, 1.165) is 16.7 Å². The van der Waals surface area contributed by atoms with Crippen molar-refractivity contribution in [2.75, 3.05) is 0 Å². The number of hydrogen-bond acceptors (Lipinski definition) is 3. The number of halogens is 1. The molecular formula is C12H12FN2O3. The van der Waals surface area contributed by atoms with Crippen LogP contribution in [0.1, 0.15) is 6.42 Å².